The van der Waals surface area contributed by atoms with Crippen molar-refractivity contribution < 1.29 is 0 Å². The minimum Gasteiger partial charge on any atom is -0.330 e. The lowest BCUT2D eigenvalue weighted by atomic mass is 9.73. The Morgan fingerprint density at radius 3 is 2.81 bits per heavy atom. The highest BCUT2D eigenvalue weighted by molar-refractivity contribution is 9.11. The number of halogens is 1. The Morgan fingerprint density at radius 1 is 1.38 bits per heavy atom. The molecule has 1 aromatic heterocycles. The van der Waals surface area contributed by atoms with Crippen LogP contribution in [-0.4, -0.2) is 6.54 Å². The number of nitrogens with two attached hydrogens (primary N) is 1. The molecule has 0 radical (unpaired) electrons. The van der Waals surface area contributed by atoms with Crippen molar-refractivity contribution in [3.05, 3.63) is 20.8 Å². The lowest BCUT2D eigenvalue weighted by molar-refractivity contribution is 0.194. The Balaban J connectivity index is 2.00. The molecule has 1 aromatic rings. The van der Waals surface area contributed by atoms with Crippen molar-refractivity contribution in [2.75, 3.05) is 6.54 Å². The van der Waals surface area contributed by atoms with Gasteiger partial charge in [-0.25, -0.2) is 0 Å². The van der Waals surface area contributed by atoms with Crippen molar-refractivity contribution >= 4 is 27.3 Å². The molecule has 0 saturated heterocycles. The molecule has 3 heteroatoms. The third-order valence-electron chi connectivity index (χ3n) is 3.80. The van der Waals surface area contributed by atoms with Gasteiger partial charge >= 0.3 is 0 Å². The van der Waals surface area contributed by atoms with Gasteiger partial charge in [0.15, 0.2) is 0 Å². The number of hydrogen-bond acceptors (Lipinski definition) is 2. The molecule has 0 amide bonds. The first-order chi connectivity index (χ1) is 7.69. The van der Waals surface area contributed by atoms with Crippen LogP contribution in [0.4, 0.5) is 0 Å². The van der Waals surface area contributed by atoms with Crippen LogP contribution in [-0.2, 0) is 6.42 Å². The number of rotatable bonds is 3. The molecule has 1 aliphatic rings. The smallest absolute Gasteiger partial charge is 0.0701 e. The Bertz CT molecular complexity index is 336. The maximum Gasteiger partial charge on any atom is 0.0701 e. The maximum atomic E-state index is 5.89. The summed E-state index contributed by atoms with van der Waals surface area (Å²) in [6.45, 7) is 3.24. The lowest BCUT2D eigenvalue weighted by Gasteiger charge is -2.34. The van der Waals surface area contributed by atoms with Gasteiger partial charge in [-0.1, -0.05) is 13.3 Å². The maximum absolute atomic E-state index is 5.89. The third kappa shape index (κ3) is 3.08. The molecule has 1 heterocycles. The highest BCUT2D eigenvalue weighted by Gasteiger charge is 2.27. The Hall–Kier alpha value is 0.140. The van der Waals surface area contributed by atoms with E-state index in [4.69, 9.17) is 5.73 Å². The van der Waals surface area contributed by atoms with E-state index >= 15 is 0 Å². The minimum absolute atomic E-state index is 0.747. The van der Waals surface area contributed by atoms with Crippen LogP contribution < -0.4 is 5.73 Å². The second kappa shape index (κ2) is 5.65. The van der Waals surface area contributed by atoms with E-state index in [9.17, 15) is 0 Å². The highest BCUT2D eigenvalue weighted by atomic mass is 79.9. The van der Waals surface area contributed by atoms with Gasteiger partial charge in [0.2, 0.25) is 0 Å². The zero-order valence-corrected chi connectivity index (χ0v) is 12.2. The Kier molecular flexibility index (Phi) is 4.45. The van der Waals surface area contributed by atoms with E-state index in [1.807, 2.05) is 11.3 Å². The summed E-state index contributed by atoms with van der Waals surface area (Å²) in [7, 11) is 0. The molecule has 1 aliphatic carbocycles. The zero-order valence-electron chi connectivity index (χ0n) is 9.79. The van der Waals surface area contributed by atoms with Crippen LogP contribution in [0.3, 0.4) is 0 Å². The van der Waals surface area contributed by atoms with Gasteiger partial charge in [-0.15, -0.1) is 11.3 Å². The number of hydrogen-bond donors (Lipinski definition) is 1. The van der Waals surface area contributed by atoms with Gasteiger partial charge in [-0.05, 0) is 71.6 Å². The van der Waals surface area contributed by atoms with Crippen molar-refractivity contribution in [2.45, 2.75) is 32.6 Å². The van der Waals surface area contributed by atoms with Gasteiger partial charge in [0.1, 0.15) is 0 Å². The molecule has 0 bridgehead atoms. The normalized spacial score (nSPS) is 30.6. The van der Waals surface area contributed by atoms with Crippen LogP contribution in [0.5, 0.6) is 0 Å². The second-order valence-electron chi connectivity index (χ2n) is 5.08. The van der Waals surface area contributed by atoms with E-state index in [1.54, 1.807) is 0 Å². The summed E-state index contributed by atoms with van der Waals surface area (Å²) in [6, 6.07) is 4.41. The summed E-state index contributed by atoms with van der Waals surface area (Å²) in [6.07, 6.45) is 5.28. The Labute approximate surface area is 111 Å². The summed E-state index contributed by atoms with van der Waals surface area (Å²) in [5, 5.41) is 0. The molecular formula is C13H20BrNS. The van der Waals surface area contributed by atoms with E-state index < -0.39 is 0 Å². The van der Waals surface area contributed by atoms with Crippen LogP contribution in [0.15, 0.2) is 15.9 Å². The first-order valence-electron chi connectivity index (χ1n) is 6.13. The van der Waals surface area contributed by atoms with Gasteiger partial charge in [0.05, 0.1) is 3.79 Å². The molecule has 1 nitrogen and oxygen atoms in total. The van der Waals surface area contributed by atoms with Gasteiger partial charge < -0.3 is 5.73 Å². The van der Waals surface area contributed by atoms with Crippen LogP contribution in [0.1, 0.15) is 31.1 Å². The fourth-order valence-electron chi connectivity index (χ4n) is 2.84. The molecule has 3 atom stereocenters. The van der Waals surface area contributed by atoms with Gasteiger partial charge in [0, 0.05) is 4.88 Å². The first-order valence-corrected chi connectivity index (χ1v) is 7.74. The molecule has 2 N–H and O–H groups in total. The SMILES string of the molecule is CC1CCC(CN)C(Cc2ccc(Br)s2)C1. The second-order valence-corrected chi connectivity index (χ2v) is 7.63. The fourth-order valence-corrected chi connectivity index (χ4v) is 4.42. The van der Waals surface area contributed by atoms with E-state index in [2.05, 4.69) is 35.0 Å². The summed E-state index contributed by atoms with van der Waals surface area (Å²) < 4.78 is 1.25. The van der Waals surface area contributed by atoms with Crippen LogP contribution in [0.2, 0.25) is 0 Å². The van der Waals surface area contributed by atoms with Gasteiger partial charge in [0.25, 0.3) is 0 Å². The van der Waals surface area contributed by atoms with E-state index in [-0.39, 0.29) is 0 Å². The van der Waals surface area contributed by atoms with Crippen molar-refractivity contribution in [1.29, 1.82) is 0 Å². The predicted molar refractivity (Wildman–Crippen MR) is 74.8 cm³/mol. The average molecular weight is 302 g/mol. The lowest BCUT2D eigenvalue weighted by Crippen LogP contribution is -2.30. The van der Waals surface area contributed by atoms with E-state index in [0.717, 1.165) is 24.3 Å². The average Bonchev–Trinajstić information content (AvgIpc) is 2.64. The minimum atomic E-state index is 0.747. The molecule has 2 rings (SSSR count). The molecular weight excluding hydrogens is 282 g/mol. The highest BCUT2D eigenvalue weighted by Crippen LogP contribution is 2.36. The summed E-state index contributed by atoms with van der Waals surface area (Å²) in [5.74, 6) is 2.44. The molecule has 16 heavy (non-hydrogen) atoms. The Morgan fingerprint density at radius 2 is 2.19 bits per heavy atom. The molecule has 0 spiro atoms. The summed E-state index contributed by atoms with van der Waals surface area (Å²) >= 11 is 5.41. The van der Waals surface area contributed by atoms with Crippen LogP contribution in [0, 0.1) is 17.8 Å². The topological polar surface area (TPSA) is 26.0 Å². The van der Waals surface area contributed by atoms with Gasteiger partial charge in [-0.3, -0.25) is 0 Å². The van der Waals surface area contributed by atoms with Crippen LogP contribution >= 0.6 is 27.3 Å². The molecule has 0 aliphatic heterocycles. The third-order valence-corrected chi connectivity index (χ3v) is 5.44. The standard InChI is InChI=1S/C13H20BrNS/c1-9-2-3-10(8-15)11(6-9)7-12-4-5-13(14)16-12/h4-5,9-11H,2-3,6-8,15H2,1H3. The number of thiophene rings is 1. The summed E-state index contributed by atoms with van der Waals surface area (Å²) in [4.78, 5) is 1.50. The first kappa shape index (κ1) is 12.6. The molecule has 90 valence electrons. The quantitative estimate of drug-likeness (QED) is 0.895. The largest absolute Gasteiger partial charge is 0.330 e. The van der Waals surface area contributed by atoms with Gasteiger partial charge in [-0.2, -0.15) is 0 Å². The zero-order chi connectivity index (χ0) is 11.5. The molecule has 0 aromatic carbocycles. The van der Waals surface area contributed by atoms with Crippen molar-refractivity contribution in [1.82, 2.24) is 0 Å². The molecule has 1 fully saturated rings. The van der Waals surface area contributed by atoms with Crippen molar-refractivity contribution in [2.24, 2.45) is 23.5 Å². The molecule has 3 unspecified atom stereocenters. The summed E-state index contributed by atoms with van der Waals surface area (Å²) in [5.41, 5.74) is 5.89. The fraction of sp³-hybridized carbons (Fsp3) is 0.692. The predicted octanol–water partition coefficient (Wildman–Crippen LogP) is 4.06. The molecule has 1 saturated carbocycles. The van der Waals surface area contributed by atoms with E-state index in [0.29, 0.717) is 0 Å². The van der Waals surface area contributed by atoms with Crippen LogP contribution in [0.25, 0.3) is 0 Å². The van der Waals surface area contributed by atoms with Crippen molar-refractivity contribution in [3.63, 3.8) is 0 Å². The monoisotopic (exact) mass is 301 g/mol. The van der Waals surface area contributed by atoms with E-state index in [1.165, 1.54) is 34.3 Å². The van der Waals surface area contributed by atoms with Crippen molar-refractivity contribution in [3.8, 4) is 0 Å².